The predicted octanol–water partition coefficient (Wildman–Crippen LogP) is 8.30. The van der Waals surface area contributed by atoms with Crippen LogP contribution in [0.3, 0.4) is 0 Å². The second kappa shape index (κ2) is 9.62. The van der Waals surface area contributed by atoms with Gasteiger partial charge in [0.05, 0.1) is 19.9 Å². The van der Waals surface area contributed by atoms with Gasteiger partial charge in [0, 0.05) is 45.2 Å². The van der Waals surface area contributed by atoms with Crippen LogP contribution in [0.4, 0.5) is 11.4 Å². The lowest BCUT2D eigenvalue weighted by Gasteiger charge is -2.14. The highest BCUT2D eigenvalue weighted by molar-refractivity contribution is 7.99. The molecule has 0 fully saturated rings. The smallest absolute Gasteiger partial charge is 0.258 e. The lowest BCUT2D eigenvalue weighted by atomic mass is 10.0. The molecule has 0 unspecified atom stereocenters. The van der Waals surface area contributed by atoms with E-state index in [1.54, 1.807) is 12.1 Å². The molecule has 4 rings (SSSR count). The number of hydrogen-bond acceptors (Lipinski definition) is 5. The summed E-state index contributed by atoms with van der Waals surface area (Å²) in [6, 6.07) is 24.0. The normalized spacial score (nSPS) is 10.7. The molecular formula is C24H14Cl2N2O4S. The Kier molecular flexibility index (Phi) is 6.65. The van der Waals surface area contributed by atoms with Gasteiger partial charge in [-0.2, -0.15) is 0 Å². The van der Waals surface area contributed by atoms with E-state index in [1.807, 2.05) is 48.5 Å². The number of nitro benzene ring substituents is 2. The van der Waals surface area contributed by atoms with E-state index in [0.717, 1.165) is 20.9 Å². The van der Waals surface area contributed by atoms with E-state index < -0.39 is 9.85 Å². The second-order valence-corrected chi connectivity index (χ2v) is 8.84. The highest BCUT2D eigenvalue weighted by Gasteiger charge is 2.17. The average molecular weight is 497 g/mol. The third kappa shape index (κ3) is 4.85. The lowest BCUT2D eigenvalue weighted by Crippen LogP contribution is -1.91. The van der Waals surface area contributed by atoms with Crippen LogP contribution in [0.2, 0.25) is 10.0 Å². The maximum atomic E-state index is 11.1. The van der Waals surface area contributed by atoms with Crippen molar-refractivity contribution in [3.63, 3.8) is 0 Å². The van der Waals surface area contributed by atoms with Crippen molar-refractivity contribution < 1.29 is 9.85 Å². The van der Waals surface area contributed by atoms with Crippen molar-refractivity contribution in [2.45, 2.75) is 9.79 Å². The zero-order valence-electron chi connectivity index (χ0n) is 16.8. The van der Waals surface area contributed by atoms with Gasteiger partial charge in [-0.15, -0.1) is 0 Å². The minimum absolute atomic E-state index is 0.0768. The number of nitrogens with zero attached hydrogens (tertiary/aromatic N) is 2. The number of non-ortho nitro benzene ring substituents is 2. The molecule has 33 heavy (non-hydrogen) atoms. The van der Waals surface area contributed by atoms with Crippen LogP contribution in [0.15, 0.2) is 94.7 Å². The third-order valence-corrected chi connectivity index (χ3v) is 6.68. The second-order valence-electron chi connectivity index (χ2n) is 6.94. The van der Waals surface area contributed by atoms with E-state index in [9.17, 15) is 20.2 Å². The van der Waals surface area contributed by atoms with Gasteiger partial charge in [-0.05, 0) is 35.4 Å². The summed E-state index contributed by atoms with van der Waals surface area (Å²) in [7, 11) is 0. The first kappa shape index (κ1) is 22.8. The first-order chi connectivity index (χ1) is 15.8. The zero-order valence-corrected chi connectivity index (χ0v) is 19.1. The molecule has 4 aromatic rings. The topological polar surface area (TPSA) is 86.3 Å². The molecule has 9 heteroatoms. The maximum Gasteiger partial charge on any atom is 0.270 e. The van der Waals surface area contributed by atoms with Gasteiger partial charge in [0.1, 0.15) is 0 Å². The van der Waals surface area contributed by atoms with Crippen LogP contribution in [-0.2, 0) is 0 Å². The molecule has 0 N–H and O–H groups in total. The summed E-state index contributed by atoms with van der Waals surface area (Å²) in [5, 5.41) is 22.7. The minimum atomic E-state index is -0.486. The molecule has 0 spiro atoms. The Balaban J connectivity index is 1.76. The summed E-state index contributed by atoms with van der Waals surface area (Å²) in [6.07, 6.45) is 0. The molecule has 0 aromatic heterocycles. The molecular weight excluding hydrogens is 483 g/mol. The van der Waals surface area contributed by atoms with Gasteiger partial charge in [-0.1, -0.05) is 71.4 Å². The molecule has 0 aliphatic heterocycles. The van der Waals surface area contributed by atoms with E-state index in [4.69, 9.17) is 23.2 Å². The molecule has 0 saturated carbocycles. The SMILES string of the molecule is O=[N+]([O-])c1ccc(-c2ccccc2Sc2ccccc2-c2ccc([N+](=O)[O-])cc2Cl)c(Cl)c1. The van der Waals surface area contributed by atoms with Crippen LogP contribution >= 0.6 is 35.0 Å². The summed E-state index contributed by atoms with van der Waals surface area (Å²) in [5.41, 5.74) is 2.85. The molecule has 0 saturated heterocycles. The largest absolute Gasteiger partial charge is 0.270 e. The highest BCUT2D eigenvalue weighted by Crippen LogP contribution is 2.44. The van der Waals surface area contributed by atoms with Crippen LogP contribution in [0.5, 0.6) is 0 Å². The number of rotatable bonds is 6. The molecule has 0 radical (unpaired) electrons. The summed E-state index contributed by atoms with van der Waals surface area (Å²) >= 11 is 14.3. The van der Waals surface area contributed by atoms with Gasteiger partial charge in [-0.25, -0.2) is 0 Å². The van der Waals surface area contributed by atoms with E-state index in [0.29, 0.717) is 11.1 Å². The fourth-order valence-corrected chi connectivity index (χ4v) is 5.01. The Morgan fingerprint density at radius 2 is 0.970 bits per heavy atom. The summed E-state index contributed by atoms with van der Waals surface area (Å²) in [4.78, 5) is 22.9. The first-order valence-corrected chi connectivity index (χ1v) is 11.2. The molecule has 6 nitrogen and oxygen atoms in total. The molecule has 0 atom stereocenters. The van der Waals surface area contributed by atoms with E-state index in [-0.39, 0.29) is 21.4 Å². The first-order valence-electron chi connectivity index (χ1n) is 9.59. The van der Waals surface area contributed by atoms with E-state index >= 15 is 0 Å². The third-order valence-electron chi connectivity index (χ3n) is 4.90. The van der Waals surface area contributed by atoms with Crippen LogP contribution in [0, 0.1) is 20.2 Å². The van der Waals surface area contributed by atoms with Crippen LogP contribution in [0.1, 0.15) is 0 Å². The highest BCUT2D eigenvalue weighted by atomic mass is 35.5. The zero-order chi connectivity index (χ0) is 23.5. The van der Waals surface area contributed by atoms with Crippen molar-refractivity contribution in [3.8, 4) is 22.3 Å². The molecule has 164 valence electrons. The minimum Gasteiger partial charge on any atom is -0.258 e. The number of nitro groups is 2. The summed E-state index contributed by atoms with van der Waals surface area (Å²) in [5.74, 6) is 0. The molecule has 0 heterocycles. The molecule has 4 aromatic carbocycles. The van der Waals surface area contributed by atoms with Crippen molar-refractivity contribution in [1.82, 2.24) is 0 Å². The summed E-state index contributed by atoms with van der Waals surface area (Å²) in [6.45, 7) is 0. The molecule has 0 aliphatic rings. The number of benzene rings is 4. The van der Waals surface area contributed by atoms with E-state index in [2.05, 4.69) is 0 Å². The van der Waals surface area contributed by atoms with Crippen molar-refractivity contribution in [2.75, 3.05) is 0 Å². The van der Waals surface area contributed by atoms with Crippen molar-refractivity contribution in [1.29, 1.82) is 0 Å². The van der Waals surface area contributed by atoms with Gasteiger partial charge in [0.25, 0.3) is 11.4 Å². The Labute approximate surface area is 203 Å². The fraction of sp³-hybridized carbons (Fsp3) is 0. The van der Waals surface area contributed by atoms with Gasteiger partial charge in [0.15, 0.2) is 0 Å². The average Bonchev–Trinajstić information content (AvgIpc) is 2.80. The summed E-state index contributed by atoms with van der Waals surface area (Å²) < 4.78 is 0. The Morgan fingerprint density at radius 1 is 0.576 bits per heavy atom. The molecule has 0 aliphatic carbocycles. The monoisotopic (exact) mass is 496 g/mol. The lowest BCUT2D eigenvalue weighted by molar-refractivity contribution is -0.385. The van der Waals surface area contributed by atoms with Crippen molar-refractivity contribution in [2.24, 2.45) is 0 Å². The molecule has 0 bridgehead atoms. The van der Waals surface area contributed by atoms with Crippen LogP contribution < -0.4 is 0 Å². The van der Waals surface area contributed by atoms with Crippen LogP contribution in [-0.4, -0.2) is 9.85 Å². The van der Waals surface area contributed by atoms with Crippen molar-refractivity contribution >= 4 is 46.3 Å². The standard InChI is InChI=1S/C24H14Cl2N2O4S/c25-21-13-15(27(29)30)9-11-17(21)19-5-1-3-7-23(19)33-24-8-4-2-6-20(24)18-12-10-16(28(31)32)14-22(18)26/h1-14H. The Hall–Kier alpha value is -3.39. The predicted molar refractivity (Wildman–Crippen MR) is 131 cm³/mol. The molecule has 0 amide bonds. The van der Waals surface area contributed by atoms with Crippen LogP contribution in [0.25, 0.3) is 22.3 Å². The maximum absolute atomic E-state index is 11.1. The van der Waals surface area contributed by atoms with Gasteiger partial charge < -0.3 is 0 Å². The van der Waals surface area contributed by atoms with Gasteiger partial charge in [0.2, 0.25) is 0 Å². The van der Waals surface area contributed by atoms with E-state index in [1.165, 1.54) is 36.0 Å². The van der Waals surface area contributed by atoms with Crippen molar-refractivity contribution in [3.05, 3.63) is 115 Å². The number of hydrogen-bond donors (Lipinski definition) is 0. The Bertz CT molecular complexity index is 1290. The fourth-order valence-electron chi connectivity index (χ4n) is 3.35. The van der Waals surface area contributed by atoms with Gasteiger partial charge in [-0.3, -0.25) is 20.2 Å². The number of halogens is 2. The van der Waals surface area contributed by atoms with Gasteiger partial charge >= 0.3 is 0 Å². The Morgan fingerprint density at radius 3 is 1.33 bits per heavy atom. The quantitative estimate of drug-likeness (QED) is 0.198.